The zero-order valence-corrected chi connectivity index (χ0v) is 17.1. The molecule has 0 aliphatic carbocycles. The maximum absolute atomic E-state index is 12.7. The predicted molar refractivity (Wildman–Crippen MR) is 112 cm³/mol. The first-order valence-electron chi connectivity index (χ1n) is 9.76. The topological polar surface area (TPSA) is 70.7 Å². The monoisotopic (exact) mass is 407 g/mol. The van der Waals surface area contributed by atoms with Gasteiger partial charge in [-0.1, -0.05) is 12.1 Å². The lowest BCUT2D eigenvalue weighted by Crippen LogP contribution is -3.13. The summed E-state index contributed by atoms with van der Waals surface area (Å²) in [6.07, 6.45) is -0.547. The molecule has 1 amide bonds. The second kappa shape index (κ2) is 8.60. The average Bonchev–Trinajstić information content (AvgIpc) is 3.16. The van der Waals surface area contributed by atoms with Crippen LogP contribution in [-0.4, -0.2) is 48.1 Å². The Morgan fingerprint density at radius 2 is 1.97 bits per heavy atom. The van der Waals surface area contributed by atoms with E-state index >= 15 is 0 Å². The number of rotatable bonds is 5. The van der Waals surface area contributed by atoms with E-state index in [0.29, 0.717) is 11.3 Å². The van der Waals surface area contributed by atoms with E-state index in [9.17, 15) is 4.79 Å². The largest absolute Gasteiger partial charge is 0.481 e. The van der Waals surface area contributed by atoms with Crippen LogP contribution < -0.4 is 9.64 Å². The smallest absolute Gasteiger partial charge is 0.263 e. The SMILES string of the molecule is C[C@H](Oc1ccc(C#N)cc1)C(=O)N1CC[NH+](Cc2nc3ccccc3s2)CC1. The fraction of sp³-hybridized carbons (Fsp3) is 0.318. The van der Waals surface area contributed by atoms with Crippen LogP contribution in [0.4, 0.5) is 0 Å². The van der Waals surface area contributed by atoms with Gasteiger partial charge in [-0.05, 0) is 43.3 Å². The van der Waals surface area contributed by atoms with E-state index in [-0.39, 0.29) is 5.91 Å². The van der Waals surface area contributed by atoms with E-state index in [4.69, 9.17) is 15.0 Å². The van der Waals surface area contributed by atoms with Crippen molar-refractivity contribution >= 4 is 27.5 Å². The lowest BCUT2D eigenvalue weighted by molar-refractivity contribution is -0.917. The second-order valence-corrected chi connectivity index (χ2v) is 8.34. The van der Waals surface area contributed by atoms with Crippen molar-refractivity contribution < 1.29 is 14.4 Å². The molecule has 6 nitrogen and oxygen atoms in total. The van der Waals surface area contributed by atoms with Gasteiger partial charge in [0.1, 0.15) is 17.3 Å². The third-order valence-corrected chi connectivity index (χ3v) is 6.20. The Labute approximate surface area is 173 Å². The van der Waals surface area contributed by atoms with E-state index in [0.717, 1.165) is 43.2 Å². The number of carbonyl (C=O) groups is 1. The summed E-state index contributed by atoms with van der Waals surface area (Å²) < 4.78 is 7.00. The molecule has 0 saturated carbocycles. The predicted octanol–water partition coefficient (Wildman–Crippen LogP) is 1.86. The van der Waals surface area contributed by atoms with Crippen LogP contribution in [-0.2, 0) is 11.3 Å². The number of fused-ring (bicyclic) bond motifs is 1. The maximum Gasteiger partial charge on any atom is 0.263 e. The minimum Gasteiger partial charge on any atom is -0.481 e. The van der Waals surface area contributed by atoms with E-state index < -0.39 is 6.10 Å². The number of para-hydroxylation sites is 1. The summed E-state index contributed by atoms with van der Waals surface area (Å²) in [6, 6.07) is 17.1. The Balaban J connectivity index is 1.28. The number of amides is 1. The number of nitriles is 1. The van der Waals surface area contributed by atoms with E-state index in [1.807, 2.05) is 17.0 Å². The maximum atomic E-state index is 12.7. The third-order valence-electron chi connectivity index (χ3n) is 5.17. The van der Waals surface area contributed by atoms with E-state index in [2.05, 4.69) is 18.2 Å². The van der Waals surface area contributed by atoms with Crippen molar-refractivity contribution in [3.05, 3.63) is 59.1 Å². The Kier molecular flexibility index (Phi) is 5.74. The van der Waals surface area contributed by atoms with E-state index in [1.165, 1.54) is 9.60 Å². The molecule has 1 fully saturated rings. The number of ether oxygens (including phenoxy) is 1. The molecule has 1 aliphatic rings. The molecule has 2 aromatic carbocycles. The molecule has 2 heterocycles. The van der Waals surface area contributed by atoms with Crippen molar-refractivity contribution in [3.8, 4) is 11.8 Å². The highest BCUT2D eigenvalue weighted by Crippen LogP contribution is 2.21. The van der Waals surface area contributed by atoms with Gasteiger partial charge in [-0.2, -0.15) is 5.26 Å². The Bertz CT molecular complexity index is 1000. The van der Waals surface area contributed by atoms with Crippen LogP contribution in [0.2, 0.25) is 0 Å². The van der Waals surface area contributed by atoms with Crippen molar-refractivity contribution in [3.63, 3.8) is 0 Å². The Hall–Kier alpha value is -2.95. The van der Waals surface area contributed by atoms with Gasteiger partial charge in [0.2, 0.25) is 0 Å². The Morgan fingerprint density at radius 1 is 1.24 bits per heavy atom. The molecular formula is C22H23N4O2S+. The number of piperazine rings is 1. The van der Waals surface area contributed by atoms with Crippen molar-refractivity contribution in [1.29, 1.82) is 5.26 Å². The normalized spacial score (nSPS) is 15.8. The van der Waals surface area contributed by atoms with Crippen LogP contribution in [0.1, 0.15) is 17.5 Å². The first-order valence-corrected chi connectivity index (χ1v) is 10.6. The Morgan fingerprint density at radius 3 is 2.66 bits per heavy atom. The number of hydrogen-bond donors (Lipinski definition) is 1. The molecule has 0 bridgehead atoms. The molecule has 1 saturated heterocycles. The van der Waals surface area contributed by atoms with Crippen molar-refractivity contribution in [2.24, 2.45) is 0 Å². The standard InChI is InChI=1S/C22H22N4O2S/c1-16(28-18-8-6-17(14-23)7-9-18)22(27)26-12-10-25(11-13-26)15-21-24-19-4-2-3-5-20(19)29-21/h2-9,16H,10-13,15H2,1H3/p+1/t16-/m0/s1. The molecular weight excluding hydrogens is 384 g/mol. The molecule has 7 heteroatoms. The van der Waals surface area contributed by atoms with Crippen molar-refractivity contribution in [1.82, 2.24) is 9.88 Å². The number of aromatic nitrogens is 1. The van der Waals surface area contributed by atoms with Gasteiger partial charge in [-0.3, -0.25) is 4.79 Å². The molecule has 1 N–H and O–H groups in total. The number of quaternary nitrogens is 1. The molecule has 0 unspecified atom stereocenters. The minimum atomic E-state index is -0.547. The van der Waals surface area contributed by atoms with Gasteiger partial charge in [0.25, 0.3) is 5.91 Å². The van der Waals surface area contributed by atoms with E-state index in [1.54, 1.807) is 42.5 Å². The highest BCUT2D eigenvalue weighted by atomic mass is 32.1. The van der Waals surface area contributed by atoms with Crippen LogP contribution in [0.25, 0.3) is 10.2 Å². The molecule has 29 heavy (non-hydrogen) atoms. The molecule has 4 rings (SSSR count). The van der Waals surface area contributed by atoms with Crippen LogP contribution in [0.15, 0.2) is 48.5 Å². The molecule has 1 atom stereocenters. The lowest BCUT2D eigenvalue weighted by Gasteiger charge is -2.33. The summed E-state index contributed by atoms with van der Waals surface area (Å²) in [7, 11) is 0. The van der Waals surface area contributed by atoms with Crippen molar-refractivity contribution in [2.45, 2.75) is 19.6 Å². The summed E-state index contributed by atoms with van der Waals surface area (Å²) in [4.78, 5) is 20.8. The van der Waals surface area contributed by atoms with Gasteiger partial charge in [0.05, 0.1) is 48.0 Å². The summed E-state index contributed by atoms with van der Waals surface area (Å²) in [5.41, 5.74) is 1.64. The van der Waals surface area contributed by atoms with Gasteiger partial charge in [-0.15, -0.1) is 11.3 Å². The van der Waals surface area contributed by atoms with Gasteiger partial charge < -0.3 is 14.5 Å². The first-order chi connectivity index (χ1) is 14.1. The quantitative estimate of drug-likeness (QED) is 0.701. The van der Waals surface area contributed by atoms with Gasteiger partial charge in [-0.25, -0.2) is 4.98 Å². The molecule has 0 radical (unpaired) electrons. The zero-order valence-electron chi connectivity index (χ0n) is 16.3. The fourth-order valence-corrected chi connectivity index (χ4v) is 4.59. The van der Waals surface area contributed by atoms with Crippen molar-refractivity contribution in [2.75, 3.05) is 26.2 Å². The van der Waals surface area contributed by atoms with Crippen LogP contribution in [0, 0.1) is 11.3 Å². The molecule has 1 aromatic heterocycles. The number of nitrogens with zero attached hydrogens (tertiary/aromatic N) is 3. The minimum absolute atomic E-state index is 0.00777. The number of nitrogens with one attached hydrogen (secondary N) is 1. The third kappa shape index (κ3) is 4.56. The molecule has 0 spiro atoms. The van der Waals surface area contributed by atoms with Crippen LogP contribution in [0.5, 0.6) is 5.75 Å². The highest BCUT2D eigenvalue weighted by molar-refractivity contribution is 7.18. The number of carbonyl (C=O) groups excluding carboxylic acids is 1. The molecule has 1 aliphatic heterocycles. The number of benzene rings is 2. The average molecular weight is 408 g/mol. The second-order valence-electron chi connectivity index (χ2n) is 7.22. The first kappa shape index (κ1) is 19.4. The summed E-state index contributed by atoms with van der Waals surface area (Å²) in [5.74, 6) is 0.610. The summed E-state index contributed by atoms with van der Waals surface area (Å²) in [6.45, 7) is 5.94. The van der Waals surface area contributed by atoms with Gasteiger partial charge >= 0.3 is 0 Å². The summed E-state index contributed by atoms with van der Waals surface area (Å²) >= 11 is 1.75. The van der Waals surface area contributed by atoms with Gasteiger partial charge in [0, 0.05) is 0 Å². The number of hydrogen-bond acceptors (Lipinski definition) is 5. The zero-order chi connectivity index (χ0) is 20.2. The number of thiazole rings is 1. The highest BCUT2D eigenvalue weighted by Gasteiger charge is 2.28. The summed E-state index contributed by atoms with van der Waals surface area (Å²) in [5, 5.41) is 10.0. The molecule has 3 aromatic rings. The molecule has 148 valence electrons. The van der Waals surface area contributed by atoms with Gasteiger partial charge in [0.15, 0.2) is 6.10 Å². The lowest BCUT2D eigenvalue weighted by atomic mass is 10.2. The van der Waals surface area contributed by atoms with Crippen LogP contribution >= 0.6 is 11.3 Å². The van der Waals surface area contributed by atoms with Crippen LogP contribution in [0.3, 0.4) is 0 Å². The fourth-order valence-electron chi connectivity index (χ4n) is 3.55.